The first kappa shape index (κ1) is 17.5. The lowest BCUT2D eigenvalue weighted by molar-refractivity contribution is -0.120. The predicted octanol–water partition coefficient (Wildman–Crippen LogP) is 2.31. The van der Waals surface area contributed by atoms with Crippen molar-refractivity contribution >= 4 is 11.6 Å². The van der Waals surface area contributed by atoms with Crippen molar-refractivity contribution in [3.05, 3.63) is 11.4 Å². The van der Waals surface area contributed by atoms with Gasteiger partial charge in [0, 0.05) is 25.1 Å². The van der Waals surface area contributed by atoms with Crippen LogP contribution in [0.15, 0.2) is 0 Å². The van der Waals surface area contributed by atoms with Crippen LogP contribution < -0.4 is 10.2 Å². The molecule has 0 bridgehead atoms. The molecule has 0 unspecified atom stereocenters. The monoisotopic (exact) mass is 306 g/mol. The van der Waals surface area contributed by atoms with Crippen molar-refractivity contribution in [1.29, 1.82) is 0 Å². The van der Waals surface area contributed by atoms with Crippen LogP contribution in [0.4, 0.5) is 24.8 Å². The van der Waals surface area contributed by atoms with E-state index in [-0.39, 0.29) is 24.9 Å². The number of alkyl halides is 3. The number of rotatable bonds is 6. The maximum Gasteiger partial charge on any atom is 0.405 e. The van der Waals surface area contributed by atoms with Gasteiger partial charge in [-0.1, -0.05) is 13.8 Å². The molecule has 0 saturated heterocycles. The third-order valence-electron chi connectivity index (χ3n) is 2.93. The fourth-order valence-electron chi connectivity index (χ4n) is 1.93. The third kappa shape index (κ3) is 4.73. The zero-order valence-electron chi connectivity index (χ0n) is 12.6. The van der Waals surface area contributed by atoms with Gasteiger partial charge < -0.3 is 15.3 Å². The molecule has 120 valence electrons. The van der Waals surface area contributed by atoms with Gasteiger partial charge in [-0.25, -0.2) is 9.97 Å². The zero-order valence-corrected chi connectivity index (χ0v) is 12.6. The molecule has 0 radical (unpaired) electrons. The normalized spacial score (nSPS) is 11.9. The van der Waals surface area contributed by atoms with E-state index in [0.29, 0.717) is 17.2 Å². The number of hydrogen-bond donors (Lipinski definition) is 2. The molecule has 0 aliphatic carbocycles. The Balaban J connectivity index is 3.31. The number of nitrogens with zero attached hydrogens (tertiary/aromatic N) is 3. The highest BCUT2D eigenvalue weighted by atomic mass is 19.4. The molecular formula is C13H21F3N4O. The molecule has 0 fully saturated rings. The largest absolute Gasteiger partial charge is 0.405 e. The summed E-state index contributed by atoms with van der Waals surface area (Å²) in [5.74, 6) is 1.14. The van der Waals surface area contributed by atoms with E-state index in [2.05, 4.69) is 15.3 Å². The number of hydrogen-bond acceptors (Lipinski definition) is 5. The van der Waals surface area contributed by atoms with Crippen LogP contribution in [0, 0.1) is 6.92 Å². The Morgan fingerprint density at radius 1 is 1.29 bits per heavy atom. The van der Waals surface area contributed by atoms with Crippen LogP contribution in [0.3, 0.4) is 0 Å². The van der Waals surface area contributed by atoms with Crippen molar-refractivity contribution in [3.8, 4) is 0 Å². The van der Waals surface area contributed by atoms with Crippen molar-refractivity contribution < 1.29 is 18.3 Å². The first-order valence-electron chi connectivity index (χ1n) is 6.68. The van der Waals surface area contributed by atoms with Gasteiger partial charge in [0.25, 0.3) is 0 Å². The SMILES string of the molecule is CNc1nc(C(C)C)nc(N(CCO)CC(F)(F)F)c1C. The summed E-state index contributed by atoms with van der Waals surface area (Å²) in [7, 11) is 1.66. The van der Waals surface area contributed by atoms with Crippen LogP contribution in [0.25, 0.3) is 0 Å². The Kier molecular flexibility index (Phi) is 5.77. The molecule has 1 heterocycles. The molecule has 8 heteroatoms. The van der Waals surface area contributed by atoms with Crippen LogP contribution in [0.2, 0.25) is 0 Å². The van der Waals surface area contributed by atoms with E-state index < -0.39 is 12.7 Å². The smallest absolute Gasteiger partial charge is 0.395 e. The minimum Gasteiger partial charge on any atom is -0.395 e. The summed E-state index contributed by atoms with van der Waals surface area (Å²) in [6.45, 7) is 3.71. The van der Waals surface area contributed by atoms with E-state index in [9.17, 15) is 13.2 Å². The lowest BCUT2D eigenvalue weighted by Gasteiger charge is -2.27. The number of aromatic nitrogens is 2. The fourth-order valence-corrected chi connectivity index (χ4v) is 1.93. The summed E-state index contributed by atoms with van der Waals surface area (Å²) >= 11 is 0. The summed E-state index contributed by atoms with van der Waals surface area (Å²) in [6.07, 6.45) is -4.37. The molecule has 0 aromatic carbocycles. The highest BCUT2D eigenvalue weighted by Crippen LogP contribution is 2.28. The van der Waals surface area contributed by atoms with E-state index in [4.69, 9.17) is 5.11 Å². The molecule has 0 atom stereocenters. The van der Waals surface area contributed by atoms with Gasteiger partial charge >= 0.3 is 6.18 Å². The number of aliphatic hydroxyl groups excluding tert-OH is 1. The first-order valence-corrected chi connectivity index (χ1v) is 6.68. The van der Waals surface area contributed by atoms with Gasteiger partial charge in [-0.2, -0.15) is 13.2 Å². The summed E-state index contributed by atoms with van der Waals surface area (Å²) < 4.78 is 38.1. The Morgan fingerprint density at radius 2 is 1.90 bits per heavy atom. The number of anilines is 2. The lowest BCUT2D eigenvalue weighted by atomic mass is 10.2. The summed E-state index contributed by atoms with van der Waals surface area (Å²) in [6, 6.07) is 0. The molecule has 1 rings (SSSR count). The molecule has 0 aliphatic heterocycles. The van der Waals surface area contributed by atoms with E-state index in [1.807, 2.05) is 13.8 Å². The Labute approximate surface area is 122 Å². The summed E-state index contributed by atoms with van der Waals surface area (Å²) in [4.78, 5) is 9.58. The Morgan fingerprint density at radius 3 is 2.33 bits per heavy atom. The third-order valence-corrected chi connectivity index (χ3v) is 2.93. The maximum atomic E-state index is 12.7. The highest BCUT2D eigenvalue weighted by molar-refractivity contribution is 5.58. The minimum atomic E-state index is -4.37. The number of aliphatic hydroxyl groups is 1. The fraction of sp³-hybridized carbons (Fsp3) is 0.692. The van der Waals surface area contributed by atoms with Crippen LogP contribution >= 0.6 is 0 Å². The van der Waals surface area contributed by atoms with Crippen LogP contribution in [0.5, 0.6) is 0 Å². The van der Waals surface area contributed by atoms with Crippen molar-refractivity contribution in [2.45, 2.75) is 32.9 Å². The second-order valence-corrected chi connectivity index (χ2v) is 5.04. The molecular weight excluding hydrogens is 285 g/mol. The predicted molar refractivity (Wildman–Crippen MR) is 75.8 cm³/mol. The molecule has 21 heavy (non-hydrogen) atoms. The van der Waals surface area contributed by atoms with Crippen molar-refractivity contribution in [3.63, 3.8) is 0 Å². The topological polar surface area (TPSA) is 61.3 Å². The van der Waals surface area contributed by atoms with Gasteiger partial charge in [0.2, 0.25) is 0 Å². The van der Waals surface area contributed by atoms with Crippen molar-refractivity contribution in [1.82, 2.24) is 9.97 Å². The molecule has 2 N–H and O–H groups in total. The minimum absolute atomic E-state index is 0.0155. The second kappa shape index (κ2) is 6.93. The van der Waals surface area contributed by atoms with Crippen molar-refractivity contribution in [2.75, 3.05) is 37.0 Å². The molecule has 0 amide bonds. The van der Waals surface area contributed by atoms with Crippen molar-refractivity contribution in [2.24, 2.45) is 0 Å². The van der Waals surface area contributed by atoms with Gasteiger partial charge in [-0.05, 0) is 6.92 Å². The number of nitrogens with one attached hydrogen (secondary N) is 1. The van der Waals surface area contributed by atoms with E-state index in [1.165, 1.54) is 0 Å². The molecule has 0 spiro atoms. The molecule has 0 aliphatic rings. The molecule has 5 nitrogen and oxygen atoms in total. The zero-order chi connectivity index (χ0) is 16.2. The van der Waals surface area contributed by atoms with Gasteiger partial charge in [-0.3, -0.25) is 0 Å². The standard InChI is InChI=1S/C13H21F3N4O/c1-8(2)10-18-11(17-4)9(3)12(19-10)20(5-6-21)7-13(14,15)16/h8,21H,5-7H2,1-4H3,(H,17,18,19). The lowest BCUT2D eigenvalue weighted by Crippen LogP contribution is -2.37. The van der Waals surface area contributed by atoms with Gasteiger partial charge in [0.15, 0.2) is 0 Å². The summed E-state index contributed by atoms with van der Waals surface area (Å²) in [5.41, 5.74) is 0.527. The van der Waals surface area contributed by atoms with E-state index in [0.717, 1.165) is 4.90 Å². The molecule has 0 saturated carbocycles. The van der Waals surface area contributed by atoms with Gasteiger partial charge in [-0.15, -0.1) is 0 Å². The highest BCUT2D eigenvalue weighted by Gasteiger charge is 2.32. The second-order valence-electron chi connectivity index (χ2n) is 5.04. The van der Waals surface area contributed by atoms with Gasteiger partial charge in [0.1, 0.15) is 24.0 Å². The first-order chi connectivity index (χ1) is 9.69. The number of halogens is 3. The van der Waals surface area contributed by atoms with Crippen LogP contribution in [-0.4, -0.2) is 48.0 Å². The van der Waals surface area contributed by atoms with E-state index >= 15 is 0 Å². The van der Waals surface area contributed by atoms with E-state index in [1.54, 1.807) is 14.0 Å². The Bertz CT molecular complexity index is 477. The quantitative estimate of drug-likeness (QED) is 0.844. The maximum absolute atomic E-state index is 12.7. The average Bonchev–Trinajstić information content (AvgIpc) is 2.36. The van der Waals surface area contributed by atoms with Crippen LogP contribution in [0.1, 0.15) is 31.2 Å². The average molecular weight is 306 g/mol. The Hall–Kier alpha value is -1.57. The summed E-state index contributed by atoms with van der Waals surface area (Å²) in [5, 5.41) is 11.9. The molecule has 1 aromatic rings. The van der Waals surface area contributed by atoms with Crippen LogP contribution in [-0.2, 0) is 0 Å². The molecule has 1 aromatic heterocycles. The van der Waals surface area contributed by atoms with Gasteiger partial charge in [0.05, 0.1) is 6.61 Å².